The molecule has 1 fully saturated rings. The van der Waals surface area contributed by atoms with Gasteiger partial charge >= 0.3 is 5.97 Å². The van der Waals surface area contributed by atoms with Gasteiger partial charge in [-0.1, -0.05) is 6.07 Å². The first-order chi connectivity index (χ1) is 10.5. The van der Waals surface area contributed by atoms with Crippen LogP contribution in [0.5, 0.6) is 0 Å². The quantitative estimate of drug-likeness (QED) is 0.502. The molecular formula is C14H16N2O6. The molecule has 1 N–H and O–H groups in total. The highest BCUT2D eigenvalue weighted by Crippen LogP contribution is 2.21. The zero-order chi connectivity index (χ0) is 16.1. The van der Waals surface area contributed by atoms with Crippen molar-refractivity contribution in [1.29, 1.82) is 0 Å². The standard InChI is InChI=1S/C14H16N2O6/c1-9-4-5-10(16(19)20)7-11(9)15-13(17)8-22-14(18)12-3-2-6-21-12/h4-5,7,12H,2-3,6,8H2,1H3,(H,15,17)/t12-/m1/s1. The number of non-ortho nitro benzene ring substituents is 1. The average Bonchev–Trinajstić information content (AvgIpc) is 3.01. The van der Waals surface area contributed by atoms with Gasteiger partial charge in [-0.2, -0.15) is 0 Å². The fourth-order valence-corrected chi connectivity index (χ4v) is 2.04. The molecule has 1 saturated heterocycles. The van der Waals surface area contributed by atoms with E-state index in [1.54, 1.807) is 6.92 Å². The van der Waals surface area contributed by atoms with Crippen LogP contribution in [0.1, 0.15) is 18.4 Å². The Morgan fingerprint density at radius 2 is 2.27 bits per heavy atom. The summed E-state index contributed by atoms with van der Waals surface area (Å²) in [6, 6.07) is 4.14. The number of hydrogen-bond acceptors (Lipinski definition) is 6. The van der Waals surface area contributed by atoms with Crippen molar-refractivity contribution in [3.63, 3.8) is 0 Å². The zero-order valence-corrected chi connectivity index (χ0v) is 12.0. The van der Waals surface area contributed by atoms with Crippen molar-refractivity contribution in [2.24, 2.45) is 0 Å². The molecule has 8 nitrogen and oxygen atoms in total. The van der Waals surface area contributed by atoms with E-state index >= 15 is 0 Å². The molecule has 1 amide bonds. The number of amides is 1. The van der Waals surface area contributed by atoms with Gasteiger partial charge in [0, 0.05) is 18.7 Å². The summed E-state index contributed by atoms with van der Waals surface area (Å²) in [6.45, 7) is 1.76. The number of nitro benzene ring substituents is 1. The number of benzene rings is 1. The summed E-state index contributed by atoms with van der Waals surface area (Å²) < 4.78 is 10.0. The van der Waals surface area contributed by atoms with Crippen LogP contribution in [-0.4, -0.2) is 36.1 Å². The third kappa shape index (κ3) is 4.01. The first-order valence-corrected chi connectivity index (χ1v) is 6.80. The van der Waals surface area contributed by atoms with Gasteiger partial charge in [0.15, 0.2) is 12.7 Å². The lowest BCUT2D eigenvalue weighted by atomic mass is 10.2. The first kappa shape index (κ1) is 15.9. The van der Waals surface area contributed by atoms with Crippen LogP contribution in [0.25, 0.3) is 0 Å². The van der Waals surface area contributed by atoms with E-state index in [2.05, 4.69) is 5.32 Å². The molecule has 1 aromatic carbocycles. The topological polar surface area (TPSA) is 108 Å². The van der Waals surface area contributed by atoms with Crippen LogP contribution >= 0.6 is 0 Å². The number of nitrogens with one attached hydrogen (secondary N) is 1. The molecule has 8 heteroatoms. The third-order valence-electron chi connectivity index (χ3n) is 3.24. The molecular weight excluding hydrogens is 292 g/mol. The highest BCUT2D eigenvalue weighted by molar-refractivity contribution is 5.94. The molecule has 0 aliphatic carbocycles. The number of carbonyl (C=O) groups is 2. The highest BCUT2D eigenvalue weighted by atomic mass is 16.6. The molecule has 0 spiro atoms. The Balaban J connectivity index is 1.90. The van der Waals surface area contributed by atoms with Gasteiger partial charge in [-0.25, -0.2) is 4.79 Å². The van der Waals surface area contributed by atoms with Gasteiger partial charge in [-0.05, 0) is 25.3 Å². The van der Waals surface area contributed by atoms with Crippen LogP contribution in [0, 0.1) is 17.0 Å². The Morgan fingerprint density at radius 1 is 1.50 bits per heavy atom. The number of ether oxygens (including phenoxy) is 2. The number of hydrogen-bond donors (Lipinski definition) is 1. The molecule has 1 aliphatic rings. The predicted molar refractivity (Wildman–Crippen MR) is 76.4 cm³/mol. The Morgan fingerprint density at radius 3 is 2.91 bits per heavy atom. The molecule has 1 aliphatic heterocycles. The predicted octanol–water partition coefficient (Wildman–Crippen LogP) is 1.56. The van der Waals surface area contributed by atoms with Gasteiger partial charge in [0.05, 0.1) is 10.6 Å². The summed E-state index contributed by atoms with van der Waals surface area (Å²) >= 11 is 0. The Kier molecular flexibility index (Phi) is 5.05. The van der Waals surface area contributed by atoms with Gasteiger partial charge in [0.2, 0.25) is 0 Å². The third-order valence-corrected chi connectivity index (χ3v) is 3.24. The van der Waals surface area contributed by atoms with Crippen LogP contribution < -0.4 is 5.32 Å². The minimum absolute atomic E-state index is 0.128. The van der Waals surface area contributed by atoms with Crippen LogP contribution in [0.15, 0.2) is 18.2 Å². The molecule has 0 bridgehead atoms. The molecule has 0 unspecified atom stereocenters. The number of aryl methyl sites for hydroxylation is 1. The van der Waals surface area contributed by atoms with Crippen molar-refractivity contribution in [3.8, 4) is 0 Å². The average molecular weight is 308 g/mol. The fraction of sp³-hybridized carbons (Fsp3) is 0.429. The van der Waals surface area contributed by atoms with E-state index in [4.69, 9.17) is 9.47 Å². The second-order valence-electron chi connectivity index (χ2n) is 4.91. The summed E-state index contributed by atoms with van der Waals surface area (Å²) in [4.78, 5) is 33.5. The largest absolute Gasteiger partial charge is 0.454 e. The minimum Gasteiger partial charge on any atom is -0.454 e. The fourth-order valence-electron chi connectivity index (χ4n) is 2.04. The Hall–Kier alpha value is -2.48. The maximum atomic E-state index is 11.8. The molecule has 1 atom stereocenters. The highest BCUT2D eigenvalue weighted by Gasteiger charge is 2.25. The number of anilines is 1. The van der Waals surface area contributed by atoms with Gasteiger partial charge in [0.1, 0.15) is 0 Å². The van der Waals surface area contributed by atoms with E-state index in [9.17, 15) is 19.7 Å². The van der Waals surface area contributed by atoms with Crippen molar-refractivity contribution in [2.45, 2.75) is 25.9 Å². The number of carbonyl (C=O) groups excluding carboxylic acids is 2. The maximum absolute atomic E-state index is 11.8. The number of esters is 1. The monoisotopic (exact) mass is 308 g/mol. The Bertz CT molecular complexity index is 595. The SMILES string of the molecule is Cc1ccc([N+](=O)[O-])cc1NC(=O)COC(=O)[C@H]1CCCO1. The van der Waals surface area contributed by atoms with E-state index in [1.807, 2.05) is 0 Å². The zero-order valence-electron chi connectivity index (χ0n) is 12.0. The van der Waals surface area contributed by atoms with E-state index < -0.39 is 29.5 Å². The first-order valence-electron chi connectivity index (χ1n) is 6.80. The molecule has 22 heavy (non-hydrogen) atoms. The molecule has 0 aromatic heterocycles. The Labute approximate surface area is 126 Å². The molecule has 118 valence electrons. The summed E-state index contributed by atoms with van der Waals surface area (Å²) in [5, 5.41) is 13.2. The lowest BCUT2D eigenvalue weighted by Gasteiger charge is -2.11. The summed E-state index contributed by atoms with van der Waals surface area (Å²) in [5.41, 5.74) is 0.856. The second kappa shape index (κ2) is 6.99. The number of nitrogens with zero attached hydrogens (tertiary/aromatic N) is 1. The van der Waals surface area contributed by atoms with E-state index in [0.29, 0.717) is 24.3 Å². The van der Waals surface area contributed by atoms with E-state index in [-0.39, 0.29) is 5.69 Å². The van der Waals surface area contributed by atoms with Crippen molar-refractivity contribution < 1.29 is 24.0 Å². The normalized spacial score (nSPS) is 17.0. The van der Waals surface area contributed by atoms with Gasteiger partial charge in [-0.15, -0.1) is 0 Å². The molecule has 2 rings (SSSR count). The summed E-state index contributed by atoms with van der Waals surface area (Å²) in [7, 11) is 0. The molecule has 0 radical (unpaired) electrons. The van der Waals surface area contributed by atoms with Gasteiger partial charge in [0.25, 0.3) is 11.6 Å². The lowest BCUT2D eigenvalue weighted by Crippen LogP contribution is -2.27. The molecule has 0 saturated carbocycles. The maximum Gasteiger partial charge on any atom is 0.335 e. The molecule has 1 aromatic rings. The van der Waals surface area contributed by atoms with Crippen molar-refractivity contribution in [2.75, 3.05) is 18.5 Å². The minimum atomic E-state index is -0.604. The summed E-state index contributed by atoms with van der Waals surface area (Å²) in [6.07, 6.45) is 0.774. The van der Waals surface area contributed by atoms with E-state index in [0.717, 1.165) is 6.42 Å². The number of rotatable bonds is 5. The van der Waals surface area contributed by atoms with Crippen LogP contribution in [-0.2, 0) is 19.1 Å². The van der Waals surface area contributed by atoms with Gasteiger partial charge < -0.3 is 14.8 Å². The van der Waals surface area contributed by atoms with Crippen LogP contribution in [0.3, 0.4) is 0 Å². The van der Waals surface area contributed by atoms with E-state index in [1.165, 1.54) is 18.2 Å². The van der Waals surface area contributed by atoms with Crippen LogP contribution in [0.2, 0.25) is 0 Å². The van der Waals surface area contributed by atoms with Gasteiger partial charge in [-0.3, -0.25) is 14.9 Å². The smallest absolute Gasteiger partial charge is 0.335 e. The summed E-state index contributed by atoms with van der Waals surface area (Å²) in [5.74, 6) is -1.13. The van der Waals surface area contributed by atoms with Crippen molar-refractivity contribution in [3.05, 3.63) is 33.9 Å². The number of nitro groups is 1. The second-order valence-corrected chi connectivity index (χ2v) is 4.91. The van der Waals surface area contributed by atoms with Crippen molar-refractivity contribution >= 4 is 23.3 Å². The van der Waals surface area contributed by atoms with Crippen LogP contribution in [0.4, 0.5) is 11.4 Å². The lowest BCUT2D eigenvalue weighted by molar-refractivity contribution is -0.384. The molecule has 1 heterocycles. The van der Waals surface area contributed by atoms with Crippen molar-refractivity contribution in [1.82, 2.24) is 0 Å².